The summed E-state index contributed by atoms with van der Waals surface area (Å²) in [6.45, 7) is 8.16. The number of carbonyl (C=O) groups is 2. The Morgan fingerprint density at radius 3 is 2.59 bits per heavy atom. The number of benzene rings is 1. The molecule has 3 rings (SSSR count). The van der Waals surface area contributed by atoms with E-state index in [4.69, 9.17) is 4.42 Å². The van der Waals surface area contributed by atoms with Crippen LogP contribution in [0.3, 0.4) is 0 Å². The number of aryl methyl sites for hydroxylation is 2. The van der Waals surface area contributed by atoms with Crippen molar-refractivity contribution in [3.63, 3.8) is 0 Å². The molecule has 0 spiro atoms. The molecule has 0 radical (unpaired) electrons. The first-order chi connectivity index (χ1) is 13.9. The standard InChI is InChI=1S/C21H24N4O3S/c1-5-11-22-18(26)14(4)29-21-24-17(16-12(2)13(3)28-20(16)25-21)23-19(27)15-9-7-6-8-10-15/h6-10,14H,5,11H2,1-4H3,(H,22,26)(H,23,24,25,27)/t14-/m1/s1. The summed E-state index contributed by atoms with van der Waals surface area (Å²) in [5.74, 6) is 0.734. The first kappa shape index (κ1) is 20.9. The zero-order chi connectivity index (χ0) is 21.0. The molecule has 0 saturated heterocycles. The number of fused-ring (bicyclic) bond motifs is 1. The number of amides is 2. The molecule has 3 aromatic rings. The zero-order valence-electron chi connectivity index (χ0n) is 16.9. The van der Waals surface area contributed by atoms with Crippen LogP contribution in [0.2, 0.25) is 0 Å². The lowest BCUT2D eigenvalue weighted by atomic mass is 10.2. The van der Waals surface area contributed by atoms with Crippen LogP contribution >= 0.6 is 11.8 Å². The molecule has 0 aliphatic heterocycles. The number of furan rings is 1. The second kappa shape index (κ2) is 9.09. The molecule has 0 aliphatic carbocycles. The number of nitrogens with one attached hydrogen (secondary N) is 2. The molecular formula is C21H24N4O3S. The van der Waals surface area contributed by atoms with Crippen molar-refractivity contribution in [2.45, 2.75) is 44.5 Å². The number of rotatable bonds is 7. The molecule has 2 aromatic heterocycles. The Kier molecular flexibility index (Phi) is 6.53. The Bertz CT molecular complexity index is 1030. The lowest BCUT2D eigenvalue weighted by Gasteiger charge is -2.12. The largest absolute Gasteiger partial charge is 0.443 e. The summed E-state index contributed by atoms with van der Waals surface area (Å²) in [6.07, 6.45) is 0.867. The van der Waals surface area contributed by atoms with Gasteiger partial charge in [0.1, 0.15) is 11.6 Å². The van der Waals surface area contributed by atoms with Crippen molar-refractivity contribution in [2.24, 2.45) is 0 Å². The van der Waals surface area contributed by atoms with Crippen LogP contribution in [0.1, 0.15) is 41.9 Å². The van der Waals surface area contributed by atoms with Gasteiger partial charge in [-0.05, 0) is 39.3 Å². The Morgan fingerprint density at radius 1 is 1.17 bits per heavy atom. The van der Waals surface area contributed by atoms with Gasteiger partial charge in [-0.25, -0.2) is 4.98 Å². The van der Waals surface area contributed by atoms with E-state index in [1.165, 1.54) is 11.8 Å². The number of hydrogen-bond donors (Lipinski definition) is 2. The number of hydrogen-bond acceptors (Lipinski definition) is 6. The van der Waals surface area contributed by atoms with E-state index in [9.17, 15) is 9.59 Å². The summed E-state index contributed by atoms with van der Waals surface area (Å²) in [6, 6.07) is 8.92. The highest BCUT2D eigenvalue weighted by Gasteiger charge is 2.21. The van der Waals surface area contributed by atoms with Crippen molar-refractivity contribution >= 4 is 40.5 Å². The van der Waals surface area contributed by atoms with Gasteiger partial charge in [0.25, 0.3) is 5.91 Å². The fraction of sp³-hybridized carbons (Fsp3) is 0.333. The average Bonchev–Trinajstić information content (AvgIpc) is 3.00. The molecule has 0 unspecified atom stereocenters. The van der Waals surface area contributed by atoms with Crippen LogP contribution in [0.4, 0.5) is 5.82 Å². The molecule has 29 heavy (non-hydrogen) atoms. The molecular weight excluding hydrogens is 388 g/mol. The molecule has 0 aliphatic rings. The van der Waals surface area contributed by atoms with Gasteiger partial charge in [-0.3, -0.25) is 9.59 Å². The first-order valence-corrected chi connectivity index (χ1v) is 10.4. The van der Waals surface area contributed by atoms with E-state index in [-0.39, 0.29) is 17.1 Å². The molecule has 2 amide bonds. The van der Waals surface area contributed by atoms with Gasteiger partial charge >= 0.3 is 0 Å². The molecule has 7 nitrogen and oxygen atoms in total. The third kappa shape index (κ3) is 4.76. The van der Waals surface area contributed by atoms with Crippen molar-refractivity contribution in [3.05, 3.63) is 47.2 Å². The predicted octanol–water partition coefficient (Wildman–Crippen LogP) is 4.10. The molecule has 2 heterocycles. The molecule has 0 fully saturated rings. The average molecular weight is 413 g/mol. The Morgan fingerprint density at radius 2 is 1.90 bits per heavy atom. The van der Waals surface area contributed by atoms with Gasteiger partial charge in [-0.15, -0.1) is 0 Å². The third-order valence-corrected chi connectivity index (χ3v) is 5.44. The van der Waals surface area contributed by atoms with Crippen LogP contribution in [-0.4, -0.2) is 33.6 Å². The van der Waals surface area contributed by atoms with Crippen molar-refractivity contribution in [1.29, 1.82) is 0 Å². The number of thioether (sulfide) groups is 1. The fourth-order valence-electron chi connectivity index (χ4n) is 2.75. The molecule has 8 heteroatoms. The smallest absolute Gasteiger partial charge is 0.256 e. The summed E-state index contributed by atoms with van der Waals surface area (Å²) >= 11 is 1.22. The summed E-state index contributed by atoms with van der Waals surface area (Å²) in [5, 5.41) is 6.39. The second-order valence-electron chi connectivity index (χ2n) is 6.69. The Hall–Kier alpha value is -2.87. The summed E-state index contributed by atoms with van der Waals surface area (Å²) < 4.78 is 5.76. The van der Waals surface area contributed by atoms with Gasteiger partial charge in [0.2, 0.25) is 11.6 Å². The predicted molar refractivity (Wildman–Crippen MR) is 114 cm³/mol. The molecule has 0 bridgehead atoms. The quantitative estimate of drug-likeness (QED) is 0.448. The fourth-order valence-corrected chi connectivity index (χ4v) is 3.53. The van der Waals surface area contributed by atoms with Crippen LogP contribution < -0.4 is 10.6 Å². The van der Waals surface area contributed by atoms with E-state index in [2.05, 4.69) is 20.6 Å². The topological polar surface area (TPSA) is 97.1 Å². The van der Waals surface area contributed by atoms with E-state index >= 15 is 0 Å². The third-order valence-electron chi connectivity index (χ3n) is 4.48. The van der Waals surface area contributed by atoms with Crippen molar-refractivity contribution in [2.75, 3.05) is 11.9 Å². The van der Waals surface area contributed by atoms with Crippen LogP contribution in [0.25, 0.3) is 11.1 Å². The summed E-state index contributed by atoms with van der Waals surface area (Å²) in [7, 11) is 0. The minimum Gasteiger partial charge on any atom is -0.443 e. The van der Waals surface area contributed by atoms with E-state index in [1.54, 1.807) is 31.2 Å². The van der Waals surface area contributed by atoms with Crippen molar-refractivity contribution in [3.8, 4) is 0 Å². The van der Waals surface area contributed by atoms with Gasteiger partial charge in [0.05, 0.1) is 10.6 Å². The first-order valence-electron chi connectivity index (χ1n) is 9.49. The van der Waals surface area contributed by atoms with Crippen molar-refractivity contribution in [1.82, 2.24) is 15.3 Å². The maximum atomic E-state index is 12.7. The van der Waals surface area contributed by atoms with E-state index in [0.29, 0.717) is 39.9 Å². The molecule has 1 atom stereocenters. The normalized spacial score (nSPS) is 12.0. The van der Waals surface area contributed by atoms with Gasteiger partial charge in [-0.2, -0.15) is 4.98 Å². The number of aromatic nitrogens is 2. The van der Waals surface area contributed by atoms with E-state index < -0.39 is 0 Å². The highest BCUT2D eigenvalue weighted by atomic mass is 32.2. The Labute approximate surface area is 173 Å². The summed E-state index contributed by atoms with van der Waals surface area (Å²) in [4.78, 5) is 33.8. The zero-order valence-corrected chi connectivity index (χ0v) is 17.7. The maximum absolute atomic E-state index is 12.7. The monoisotopic (exact) mass is 412 g/mol. The van der Waals surface area contributed by atoms with E-state index in [1.807, 2.05) is 26.8 Å². The van der Waals surface area contributed by atoms with Gasteiger partial charge in [0.15, 0.2) is 5.16 Å². The molecule has 152 valence electrons. The number of anilines is 1. The van der Waals surface area contributed by atoms with Gasteiger partial charge < -0.3 is 15.1 Å². The minimum atomic E-state index is -0.381. The lowest BCUT2D eigenvalue weighted by Crippen LogP contribution is -2.31. The number of carbonyl (C=O) groups excluding carboxylic acids is 2. The van der Waals surface area contributed by atoms with Crippen LogP contribution in [-0.2, 0) is 4.79 Å². The van der Waals surface area contributed by atoms with Crippen LogP contribution in [0.5, 0.6) is 0 Å². The lowest BCUT2D eigenvalue weighted by molar-refractivity contribution is -0.120. The van der Waals surface area contributed by atoms with Crippen LogP contribution in [0, 0.1) is 13.8 Å². The summed E-state index contributed by atoms with van der Waals surface area (Å²) in [5.41, 5.74) is 1.79. The number of nitrogens with zero attached hydrogens (tertiary/aromatic N) is 2. The molecule has 2 N–H and O–H groups in total. The highest BCUT2D eigenvalue weighted by molar-refractivity contribution is 8.00. The SMILES string of the molecule is CCCNC(=O)[C@@H](C)Sc1nc(NC(=O)c2ccccc2)c2c(C)c(C)oc2n1. The molecule has 0 saturated carbocycles. The maximum Gasteiger partial charge on any atom is 0.256 e. The van der Waals surface area contributed by atoms with E-state index in [0.717, 1.165) is 12.0 Å². The Balaban J connectivity index is 1.93. The highest BCUT2D eigenvalue weighted by Crippen LogP contribution is 2.32. The van der Waals surface area contributed by atoms with Crippen molar-refractivity contribution < 1.29 is 14.0 Å². The van der Waals surface area contributed by atoms with Crippen LogP contribution in [0.15, 0.2) is 39.9 Å². The second-order valence-corrected chi connectivity index (χ2v) is 8.00. The minimum absolute atomic E-state index is 0.0813. The molecule has 1 aromatic carbocycles. The van der Waals surface area contributed by atoms with Gasteiger partial charge in [0, 0.05) is 17.7 Å². The van der Waals surface area contributed by atoms with Gasteiger partial charge in [-0.1, -0.05) is 36.9 Å².